The first-order chi connectivity index (χ1) is 8.86. The smallest absolute Gasteiger partial charge is 0.0716 e. The van der Waals surface area contributed by atoms with Crippen molar-refractivity contribution in [2.75, 3.05) is 26.9 Å². The van der Waals surface area contributed by atoms with Crippen molar-refractivity contribution in [2.24, 2.45) is 5.92 Å². The average molecular weight is 252 g/mol. The Hall–Kier alpha value is -0.900. The van der Waals surface area contributed by atoms with Gasteiger partial charge in [0.1, 0.15) is 0 Å². The number of ether oxygens (including phenoxy) is 2. The number of aliphatic hydroxyl groups excluding tert-OH is 1. The Kier molecular flexibility index (Phi) is 8.47. The molecule has 0 saturated heterocycles. The van der Waals surface area contributed by atoms with Gasteiger partial charge in [-0.05, 0) is 30.7 Å². The Morgan fingerprint density at radius 3 is 2.56 bits per heavy atom. The third-order valence-corrected chi connectivity index (χ3v) is 3.00. The monoisotopic (exact) mass is 252 g/mol. The van der Waals surface area contributed by atoms with Crippen LogP contribution in [0.3, 0.4) is 0 Å². The molecule has 1 aromatic rings. The summed E-state index contributed by atoms with van der Waals surface area (Å²) in [6.45, 7) is 2.37. The van der Waals surface area contributed by atoms with E-state index in [1.54, 1.807) is 7.11 Å². The summed E-state index contributed by atoms with van der Waals surface area (Å²) in [5, 5.41) is 9.19. The molecule has 0 aromatic heterocycles. The maximum Gasteiger partial charge on any atom is 0.0716 e. The molecule has 102 valence electrons. The standard InChI is InChI=1S/C15H24O3/c1-17-11-9-14(12-16)8-5-10-18-13-15-6-3-2-4-7-15/h2-4,6-7,14,16H,5,8-13H2,1H3. The molecule has 1 N–H and O–H groups in total. The van der Waals surface area contributed by atoms with Crippen LogP contribution in [-0.4, -0.2) is 32.0 Å². The Bertz CT molecular complexity index is 287. The van der Waals surface area contributed by atoms with E-state index >= 15 is 0 Å². The van der Waals surface area contributed by atoms with E-state index in [0.29, 0.717) is 12.5 Å². The molecule has 0 saturated carbocycles. The van der Waals surface area contributed by atoms with Gasteiger partial charge >= 0.3 is 0 Å². The highest BCUT2D eigenvalue weighted by atomic mass is 16.5. The highest BCUT2D eigenvalue weighted by Gasteiger charge is 2.06. The molecule has 0 aliphatic rings. The molecular formula is C15H24O3. The molecule has 1 rings (SSSR count). The molecule has 1 aromatic carbocycles. The van der Waals surface area contributed by atoms with Gasteiger partial charge in [-0.25, -0.2) is 0 Å². The van der Waals surface area contributed by atoms with Gasteiger partial charge in [-0.1, -0.05) is 30.3 Å². The highest BCUT2D eigenvalue weighted by molar-refractivity contribution is 5.13. The first-order valence-corrected chi connectivity index (χ1v) is 6.58. The van der Waals surface area contributed by atoms with Gasteiger partial charge in [0, 0.05) is 26.9 Å². The molecule has 0 radical (unpaired) electrons. The lowest BCUT2D eigenvalue weighted by Crippen LogP contribution is -2.10. The van der Waals surface area contributed by atoms with Gasteiger partial charge in [0.15, 0.2) is 0 Å². The van der Waals surface area contributed by atoms with Crippen LogP contribution in [0.25, 0.3) is 0 Å². The van der Waals surface area contributed by atoms with Crippen molar-refractivity contribution in [3.05, 3.63) is 35.9 Å². The fourth-order valence-electron chi connectivity index (χ4n) is 1.85. The molecule has 0 bridgehead atoms. The number of aliphatic hydroxyl groups is 1. The predicted octanol–water partition coefficient (Wildman–Crippen LogP) is 2.63. The molecule has 1 unspecified atom stereocenters. The van der Waals surface area contributed by atoms with Crippen molar-refractivity contribution in [1.29, 1.82) is 0 Å². The summed E-state index contributed by atoms with van der Waals surface area (Å²) in [4.78, 5) is 0. The number of hydrogen-bond donors (Lipinski definition) is 1. The normalized spacial score (nSPS) is 12.6. The molecular weight excluding hydrogens is 228 g/mol. The minimum atomic E-state index is 0.238. The molecule has 0 fully saturated rings. The zero-order valence-electron chi connectivity index (χ0n) is 11.2. The first-order valence-electron chi connectivity index (χ1n) is 6.58. The summed E-state index contributed by atoms with van der Waals surface area (Å²) >= 11 is 0. The highest BCUT2D eigenvalue weighted by Crippen LogP contribution is 2.11. The van der Waals surface area contributed by atoms with Crippen LogP contribution < -0.4 is 0 Å². The van der Waals surface area contributed by atoms with E-state index in [1.807, 2.05) is 18.2 Å². The Morgan fingerprint density at radius 2 is 1.89 bits per heavy atom. The molecule has 1 atom stereocenters. The van der Waals surface area contributed by atoms with Gasteiger partial charge < -0.3 is 14.6 Å². The summed E-state index contributed by atoms with van der Waals surface area (Å²) in [5.74, 6) is 0.338. The molecule has 3 heteroatoms. The zero-order chi connectivity index (χ0) is 13.1. The number of benzene rings is 1. The minimum Gasteiger partial charge on any atom is -0.396 e. The van der Waals surface area contributed by atoms with E-state index in [1.165, 1.54) is 5.56 Å². The summed E-state index contributed by atoms with van der Waals surface area (Å²) in [5.41, 5.74) is 1.20. The predicted molar refractivity (Wildman–Crippen MR) is 72.4 cm³/mol. The van der Waals surface area contributed by atoms with E-state index in [9.17, 15) is 5.11 Å². The second kappa shape index (κ2) is 10.1. The fraction of sp³-hybridized carbons (Fsp3) is 0.600. The summed E-state index contributed by atoms with van der Waals surface area (Å²) in [6, 6.07) is 10.2. The third kappa shape index (κ3) is 6.74. The maximum atomic E-state index is 9.19. The Morgan fingerprint density at radius 1 is 1.11 bits per heavy atom. The molecule has 0 heterocycles. The van der Waals surface area contributed by atoms with Crippen molar-refractivity contribution in [1.82, 2.24) is 0 Å². The van der Waals surface area contributed by atoms with Crippen LogP contribution in [0, 0.1) is 5.92 Å². The van der Waals surface area contributed by atoms with Crippen molar-refractivity contribution >= 4 is 0 Å². The molecule has 0 amide bonds. The number of hydrogen-bond acceptors (Lipinski definition) is 3. The van der Waals surface area contributed by atoms with Crippen LogP contribution in [-0.2, 0) is 16.1 Å². The van der Waals surface area contributed by atoms with Crippen LogP contribution in [0.4, 0.5) is 0 Å². The SMILES string of the molecule is COCCC(CO)CCCOCc1ccccc1. The molecule has 0 aliphatic heterocycles. The van der Waals surface area contributed by atoms with E-state index < -0.39 is 0 Å². The number of methoxy groups -OCH3 is 1. The lowest BCUT2D eigenvalue weighted by atomic mass is 10.0. The molecule has 0 spiro atoms. The van der Waals surface area contributed by atoms with Crippen molar-refractivity contribution < 1.29 is 14.6 Å². The lowest BCUT2D eigenvalue weighted by molar-refractivity contribution is 0.102. The summed E-state index contributed by atoms with van der Waals surface area (Å²) in [6.07, 6.45) is 2.90. The van der Waals surface area contributed by atoms with E-state index in [0.717, 1.165) is 32.5 Å². The number of rotatable bonds is 10. The second-order valence-electron chi connectivity index (χ2n) is 4.51. The van der Waals surface area contributed by atoms with Gasteiger partial charge in [-0.2, -0.15) is 0 Å². The van der Waals surface area contributed by atoms with Crippen LogP contribution >= 0.6 is 0 Å². The summed E-state index contributed by atoms with van der Waals surface area (Å²) in [7, 11) is 1.69. The second-order valence-corrected chi connectivity index (χ2v) is 4.51. The van der Waals surface area contributed by atoms with Crippen LogP contribution in [0.15, 0.2) is 30.3 Å². The van der Waals surface area contributed by atoms with Crippen molar-refractivity contribution in [2.45, 2.75) is 25.9 Å². The van der Waals surface area contributed by atoms with Gasteiger partial charge in [0.05, 0.1) is 6.61 Å². The topological polar surface area (TPSA) is 38.7 Å². The van der Waals surface area contributed by atoms with Gasteiger partial charge in [-0.3, -0.25) is 0 Å². The third-order valence-electron chi connectivity index (χ3n) is 3.00. The van der Waals surface area contributed by atoms with E-state index in [4.69, 9.17) is 9.47 Å². The summed E-state index contributed by atoms with van der Waals surface area (Å²) < 4.78 is 10.6. The maximum absolute atomic E-state index is 9.19. The average Bonchev–Trinajstić information content (AvgIpc) is 2.43. The van der Waals surface area contributed by atoms with E-state index in [-0.39, 0.29) is 6.61 Å². The zero-order valence-corrected chi connectivity index (χ0v) is 11.2. The van der Waals surface area contributed by atoms with Crippen molar-refractivity contribution in [3.63, 3.8) is 0 Å². The first kappa shape index (κ1) is 15.2. The van der Waals surface area contributed by atoms with Crippen LogP contribution in [0.5, 0.6) is 0 Å². The lowest BCUT2D eigenvalue weighted by Gasteiger charge is -2.13. The van der Waals surface area contributed by atoms with Gasteiger partial charge in [0.2, 0.25) is 0 Å². The van der Waals surface area contributed by atoms with Gasteiger partial charge in [-0.15, -0.1) is 0 Å². The van der Waals surface area contributed by atoms with Gasteiger partial charge in [0.25, 0.3) is 0 Å². The Balaban J connectivity index is 2.03. The van der Waals surface area contributed by atoms with E-state index in [2.05, 4.69) is 12.1 Å². The minimum absolute atomic E-state index is 0.238. The largest absolute Gasteiger partial charge is 0.396 e. The van der Waals surface area contributed by atoms with Crippen LogP contribution in [0.1, 0.15) is 24.8 Å². The Labute approximate surface area is 110 Å². The van der Waals surface area contributed by atoms with Crippen LogP contribution in [0.2, 0.25) is 0 Å². The molecule has 18 heavy (non-hydrogen) atoms. The van der Waals surface area contributed by atoms with Crippen molar-refractivity contribution in [3.8, 4) is 0 Å². The molecule has 0 aliphatic carbocycles. The molecule has 3 nitrogen and oxygen atoms in total. The fourth-order valence-corrected chi connectivity index (χ4v) is 1.85. The quantitative estimate of drug-likeness (QED) is 0.651.